The molecule has 1 N–H and O–H groups in total. The van der Waals surface area contributed by atoms with Gasteiger partial charge in [-0.05, 0) is 51.4 Å². The number of carbonyl (C=O) groups is 2. The molecule has 0 bridgehead atoms. The smallest absolute Gasteiger partial charge is 0.307 e. The molecule has 1 aliphatic heterocycles. The highest BCUT2D eigenvalue weighted by atomic mass is 28.4. The van der Waals surface area contributed by atoms with Gasteiger partial charge in [-0.3, -0.25) is 14.6 Å². The number of carboxylic acid groups (broad SMARTS) is 1. The summed E-state index contributed by atoms with van der Waals surface area (Å²) in [7, 11) is -0.674. The van der Waals surface area contributed by atoms with E-state index in [0.29, 0.717) is 52.0 Å². The highest BCUT2D eigenvalue weighted by Gasteiger charge is 2.49. The first-order valence-electron chi connectivity index (χ1n) is 13.1. The number of hydrogen-bond acceptors (Lipinski definition) is 4. The van der Waals surface area contributed by atoms with Crippen molar-refractivity contribution in [1.29, 1.82) is 0 Å². The van der Waals surface area contributed by atoms with E-state index in [4.69, 9.17) is 9.41 Å². The molecule has 0 atom stereocenters. The average molecular weight is 519 g/mol. The van der Waals surface area contributed by atoms with E-state index in [1.54, 1.807) is 11.9 Å². The maximum Gasteiger partial charge on any atom is 0.307 e. The fraction of sp³-hybridized carbons (Fsp3) is 0.433. The van der Waals surface area contributed by atoms with Crippen molar-refractivity contribution in [2.24, 2.45) is 0 Å². The minimum absolute atomic E-state index is 0.132. The molecule has 0 aliphatic carbocycles. The van der Waals surface area contributed by atoms with Gasteiger partial charge in [0, 0.05) is 25.2 Å². The molecule has 0 radical (unpaired) electrons. The van der Waals surface area contributed by atoms with Crippen LogP contribution in [0, 0.1) is 0 Å². The van der Waals surface area contributed by atoms with Crippen LogP contribution < -0.4 is 4.43 Å². The zero-order chi connectivity index (χ0) is 27.1. The number of aliphatic carboxylic acids is 1. The fourth-order valence-corrected chi connectivity index (χ4v) is 11.6. The Kier molecular flexibility index (Phi) is 7.47. The third kappa shape index (κ3) is 4.77. The predicted octanol–water partition coefficient (Wildman–Crippen LogP) is 6.59. The molecule has 1 aromatic heterocycles. The van der Waals surface area contributed by atoms with Crippen LogP contribution in [0.25, 0.3) is 10.9 Å². The summed E-state index contributed by atoms with van der Waals surface area (Å²) in [5.74, 6) is -0.515. The summed E-state index contributed by atoms with van der Waals surface area (Å²) >= 11 is 0. The number of fused-ring (bicyclic) bond motifs is 2. The van der Waals surface area contributed by atoms with Crippen LogP contribution in [0.1, 0.15) is 74.2 Å². The number of benzene rings is 2. The normalized spacial score (nSPS) is 13.8. The molecule has 1 aliphatic rings. The lowest BCUT2D eigenvalue weighted by Crippen LogP contribution is -2.51. The zero-order valence-electron chi connectivity index (χ0n) is 23.0. The minimum atomic E-state index is -2.43. The molecule has 0 saturated carbocycles. The third-order valence-corrected chi connectivity index (χ3v) is 13.9. The van der Waals surface area contributed by atoms with E-state index in [9.17, 15) is 14.7 Å². The summed E-state index contributed by atoms with van der Waals surface area (Å²) in [6, 6.07) is 12.2. The summed E-state index contributed by atoms with van der Waals surface area (Å²) in [6.45, 7) is 13.7. The molecule has 0 fully saturated rings. The maximum atomic E-state index is 13.5. The second-order valence-corrected chi connectivity index (χ2v) is 16.6. The molecule has 4 rings (SSSR count). The topological polar surface area (TPSA) is 79.7 Å². The monoisotopic (exact) mass is 518 g/mol. The Morgan fingerprint density at radius 2 is 1.68 bits per heavy atom. The van der Waals surface area contributed by atoms with Crippen LogP contribution in [0.2, 0.25) is 16.6 Å². The van der Waals surface area contributed by atoms with E-state index in [1.165, 1.54) is 0 Å². The summed E-state index contributed by atoms with van der Waals surface area (Å²) in [5, 5.41) is 10.6. The van der Waals surface area contributed by atoms with Gasteiger partial charge in [-0.1, -0.05) is 71.9 Å². The van der Waals surface area contributed by atoms with Crippen molar-refractivity contribution in [1.82, 2.24) is 9.88 Å². The van der Waals surface area contributed by atoms with Crippen LogP contribution >= 0.6 is 0 Å². The Bertz CT molecular complexity index is 1310. The molecule has 0 unspecified atom stereocenters. The highest BCUT2D eigenvalue weighted by Crippen LogP contribution is 2.47. The molecule has 2 heterocycles. The van der Waals surface area contributed by atoms with Crippen LogP contribution in [0.5, 0.6) is 5.75 Å². The van der Waals surface area contributed by atoms with Crippen molar-refractivity contribution in [2.75, 3.05) is 7.05 Å². The molecular weight excluding hydrogens is 480 g/mol. The second-order valence-electron chi connectivity index (χ2n) is 11.2. The van der Waals surface area contributed by atoms with Crippen molar-refractivity contribution in [3.63, 3.8) is 0 Å². The fourth-order valence-electron chi connectivity index (χ4n) is 6.30. The summed E-state index contributed by atoms with van der Waals surface area (Å²) in [5.41, 5.74) is 5.58. The van der Waals surface area contributed by atoms with E-state index >= 15 is 0 Å². The molecule has 0 saturated heterocycles. The number of carbonyl (C=O) groups excluding carboxylic acids is 1. The third-order valence-electron chi connectivity index (χ3n) is 7.90. The van der Waals surface area contributed by atoms with Crippen molar-refractivity contribution in [2.45, 2.75) is 77.6 Å². The van der Waals surface area contributed by atoms with Gasteiger partial charge in [-0.15, -0.1) is 0 Å². The van der Waals surface area contributed by atoms with Crippen LogP contribution in [0.3, 0.4) is 0 Å². The minimum Gasteiger partial charge on any atom is -0.541 e. The number of hydrogen-bond donors (Lipinski definition) is 1. The number of amides is 1. The van der Waals surface area contributed by atoms with Crippen LogP contribution in [-0.4, -0.2) is 42.2 Å². The zero-order valence-corrected chi connectivity index (χ0v) is 24.0. The van der Waals surface area contributed by atoms with Gasteiger partial charge < -0.3 is 14.4 Å². The second kappa shape index (κ2) is 10.3. The van der Waals surface area contributed by atoms with E-state index < -0.39 is 14.3 Å². The van der Waals surface area contributed by atoms with Crippen LogP contribution in [0.4, 0.5) is 0 Å². The van der Waals surface area contributed by atoms with Crippen molar-refractivity contribution < 1.29 is 19.1 Å². The van der Waals surface area contributed by atoms with Crippen LogP contribution in [-0.2, 0) is 24.2 Å². The van der Waals surface area contributed by atoms with Gasteiger partial charge >= 0.3 is 5.97 Å². The Morgan fingerprint density at radius 3 is 2.24 bits per heavy atom. The van der Waals surface area contributed by atoms with Crippen molar-refractivity contribution in [3.05, 3.63) is 70.4 Å². The van der Waals surface area contributed by atoms with Gasteiger partial charge in [0.15, 0.2) is 0 Å². The molecule has 1 amide bonds. The van der Waals surface area contributed by atoms with Crippen molar-refractivity contribution in [3.8, 4) is 5.75 Å². The standard InChI is InChI=1S/C30H38N2O4Si/c1-18(2)37(19(3)4,20(5)6)36-29-27-25(17-32(7)30(27)35)23(15-26(33)34)24-14-22(16-31-28(24)29)13-21-11-9-8-10-12-21/h8-12,14,16,18-20H,13,15,17H2,1-7H3,(H,33,34). The van der Waals surface area contributed by atoms with Gasteiger partial charge in [0.25, 0.3) is 14.2 Å². The number of aromatic nitrogens is 1. The Morgan fingerprint density at radius 1 is 1.05 bits per heavy atom. The lowest BCUT2D eigenvalue weighted by molar-refractivity contribution is -0.136. The van der Waals surface area contributed by atoms with E-state index in [2.05, 4.69) is 53.7 Å². The first-order chi connectivity index (χ1) is 17.5. The molecule has 3 aromatic rings. The molecule has 6 nitrogen and oxygen atoms in total. The number of carboxylic acids is 1. The summed E-state index contributed by atoms with van der Waals surface area (Å²) in [4.78, 5) is 32.0. The summed E-state index contributed by atoms with van der Waals surface area (Å²) in [6.07, 6.45) is 2.36. The predicted molar refractivity (Wildman–Crippen MR) is 150 cm³/mol. The Labute approximate surface area is 220 Å². The molecule has 7 heteroatoms. The van der Waals surface area contributed by atoms with Crippen LogP contribution in [0.15, 0.2) is 42.6 Å². The molecule has 0 spiro atoms. The average Bonchev–Trinajstić information content (AvgIpc) is 3.12. The largest absolute Gasteiger partial charge is 0.541 e. The highest BCUT2D eigenvalue weighted by molar-refractivity contribution is 6.78. The van der Waals surface area contributed by atoms with E-state index in [-0.39, 0.29) is 12.3 Å². The first-order valence-corrected chi connectivity index (χ1v) is 15.3. The number of nitrogens with zero attached hydrogens (tertiary/aromatic N) is 2. The van der Waals surface area contributed by atoms with E-state index in [1.807, 2.05) is 30.5 Å². The van der Waals surface area contributed by atoms with Gasteiger partial charge in [0.1, 0.15) is 11.3 Å². The lowest BCUT2D eigenvalue weighted by Gasteiger charge is -2.42. The van der Waals surface area contributed by atoms with E-state index in [0.717, 1.165) is 22.1 Å². The summed E-state index contributed by atoms with van der Waals surface area (Å²) < 4.78 is 7.16. The van der Waals surface area contributed by atoms with Crippen molar-refractivity contribution >= 4 is 31.1 Å². The number of rotatable bonds is 9. The van der Waals surface area contributed by atoms with Gasteiger partial charge in [-0.2, -0.15) is 0 Å². The lowest BCUT2D eigenvalue weighted by atomic mass is 9.93. The van der Waals surface area contributed by atoms with Gasteiger partial charge in [-0.25, -0.2) is 0 Å². The maximum absolute atomic E-state index is 13.5. The molecule has 196 valence electrons. The Hall–Kier alpha value is -3.19. The van der Waals surface area contributed by atoms with Gasteiger partial charge in [0.05, 0.1) is 12.0 Å². The van der Waals surface area contributed by atoms with Gasteiger partial charge in [0.2, 0.25) is 0 Å². The molecule has 2 aromatic carbocycles. The Balaban J connectivity index is 2.02. The molecular formula is C30H38N2O4Si. The molecule has 37 heavy (non-hydrogen) atoms. The quantitative estimate of drug-likeness (QED) is 0.323. The first kappa shape index (κ1) is 26.9. The SMILES string of the molecule is CC(C)[Si](Oc1c2c(c(CC(=O)O)c3cc(Cc4ccccc4)cnc13)CN(C)C2=O)(C(C)C)C(C)C. The number of pyridine rings is 1.